The van der Waals surface area contributed by atoms with Gasteiger partial charge in [0.05, 0.1) is 13.2 Å². The van der Waals surface area contributed by atoms with Crippen LogP contribution in [0.15, 0.2) is 45.6 Å². The van der Waals surface area contributed by atoms with Crippen molar-refractivity contribution in [2.45, 2.75) is 0 Å². The van der Waals surface area contributed by atoms with Crippen molar-refractivity contribution < 1.29 is 19.4 Å². The summed E-state index contributed by atoms with van der Waals surface area (Å²) in [5, 5.41) is 8.40. The second-order valence-corrected chi connectivity index (χ2v) is 6.76. The van der Waals surface area contributed by atoms with Crippen LogP contribution in [-0.2, 0) is 4.74 Å². The van der Waals surface area contributed by atoms with Crippen LogP contribution in [0.3, 0.4) is 0 Å². The van der Waals surface area contributed by atoms with Crippen LogP contribution in [0, 0.1) is 0 Å². The van der Waals surface area contributed by atoms with Crippen molar-refractivity contribution in [2.24, 2.45) is 0 Å². The largest absolute Gasteiger partial charge is 0.477 e. The van der Waals surface area contributed by atoms with Crippen molar-refractivity contribution in [3.8, 4) is 0 Å². The molecule has 1 N–H and O–H groups in total. The van der Waals surface area contributed by atoms with E-state index in [1.807, 2.05) is 6.07 Å². The van der Waals surface area contributed by atoms with Gasteiger partial charge in [0.25, 0.3) is 5.91 Å². The molecule has 1 amide bonds. The van der Waals surface area contributed by atoms with E-state index in [4.69, 9.17) is 9.84 Å². The Morgan fingerprint density at radius 2 is 1.48 bits per heavy atom. The first-order valence-corrected chi connectivity index (χ1v) is 8.89. The maximum absolute atomic E-state index is 11.9. The van der Waals surface area contributed by atoms with E-state index in [1.165, 1.54) is 12.3 Å². The van der Waals surface area contributed by atoms with Crippen LogP contribution in [0.5, 0.6) is 0 Å². The molecule has 7 nitrogen and oxygen atoms in total. The molecule has 9 heteroatoms. The molecule has 0 atom stereocenters. The van der Waals surface area contributed by atoms with Crippen LogP contribution in [0.1, 0.15) is 21.0 Å². The highest BCUT2D eigenvalue weighted by Gasteiger charge is 2.19. The fourth-order valence-corrected chi connectivity index (χ4v) is 2.40. The van der Waals surface area contributed by atoms with Crippen LogP contribution in [0.2, 0.25) is 0 Å². The summed E-state index contributed by atoms with van der Waals surface area (Å²) in [6.07, 6.45) is 3.08. The molecule has 1 saturated heterocycles. The molecule has 1 fully saturated rings. The molecule has 0 saturated carbocycles. The van der Waals surface area contributed by atoms with Crippen LogP contribution >= 0.6 is 31.9 Å². The average Bonchev–Trinajstić information content (AvgIpc) is 2.63. The lowest BCUT2D eigenvalue weighted by molar-refractivity contribution is 0.0299. The van der Waals surface area contributed by atoms with Gasteiger partial charge < -0.3 is 14.7 Å². The number of hydrogen-bond donors (Lipinski definition) is 1. The number of carboxylic acids is 1. The number of carbonyl (C=O) groups excluding carboxylic acids is 1. The maximum Gasteiger partial charge on any atom is 0.354 e. The van der Waals surface area contributed by atoms with Crippen molar-refractivity contribution in [3.63, 3.8) is 0 Å². The van der Waals surface area contributed by atoms with Gasteiger partial charge >= 0.3 is 5.97 Å². The molecule has 0 aliphatic carbocycles. The summed E-state index contributed by atoms with van der Waals surface area (Å²) in [6, 6.07) is 6.62. The number of rotatable bonds is 2. The molecular formula is C16H15Br2N3O4. The summed E-state index contributed by atoms with van der Waals surface area (Å²) in [5.74, 6) is -1.03. The lowest BCUT2D eigenvalue weighted by atomic mass is 10.3. The number of amides is 1. The molecule has 1 aliphatic heterocycles. The molecule has 0 spiro atoms. The summed E-state index contributed by atoms with van der Waals surface area (Å²) in [6.45, 7) is 2.53. The molecule has 1 aliphatic rings. The van der Waals surface area contributed by atoms with Crippen LogP contribution in [0.25, 0.3) is 0 Å². The standard InChI is InChI=1S/C10H11BrN2O2.C6H4BrNO2/c11-8-1-2-9(12-7-8)10(14)13-3-5-15-6-4-13;7-4-1-2-5(6(9)10)8-3-4/h1-2,7H,3-6H2;1-3H,(H,9,10). The Kier molecular flexibility index (Phi) is 7.48. The molecule has 2 aromatic heterocycles. The highest BCUT2D eigenvalue weighted by molar-refractivity contribution is 9.10. The predicted molar refractivity (Wildman–Crippen MR) is 97.6 cm³/mol. The van der Waals surface area contributed by atoms with Crippen molar-refractivity contribution in [3.05, 3.63) is 57.0 Å². The first-order valence-electron chi connectivity index (χ1n) is 7.31. The molecule has 25 heavy (non-hydrogen) atoms. The monoisotopic (exact) mass is 471 g/mol. The fourth-order valence-electron chi connectivity index (χ4n) is 1.93. The Bertz CT molecular complexity index is 717. The molecule has 2 aromatic rings. The van der Waals surface area contributed by atoms with Gasteiger partial charge in [-0.05, 0) is 56.1 Å². The number of carbonyl (C=O) groups is 2. The zero-order chi connectivity index (χ0) is 18.2. The molecule has 0 aromatic carbocycles. The van der Waals surface area contributed by atoms with Gasteiger partial charge in [-0.2, -0.15) is 0 Å². The van der Waals surface area contributed by atoms with Crippen LogP contribution in [0.4, 0.5) is 0 Å². The Morgan fingerprint density at radius 3 is 1.92 bits per heavy atom. The SMILES string of the molecule is O=C(O)c1ccc(Br)cn1.O=C(c1ccc(Br)cn1)N1CCOCC1. The molecule has 132 valence electrons. The molecule has 0 bridgehead atoms. The van der Waals surface area contributed by atoms with Crippen LogP contribution in [-0.4, -0.2) is 58.2 Å². The summed E-state index contributed by atoms with van der Waals surface area (Å²) < 4.78 is 6.83. The Morgan fingerprint density at radius 1 is 0.960 bits per heavy atom. The van der Waals surface area contributed by atoms with Gasteiger partial charge in [0.2, 0.25) is 0 Å². The van der Waals surface area contributed by atoms with Crippen LogP contribution < -0.4 is 0 Å². The quantitative estimate of drug-likeness (QED) is 0.722. The van der Waals surface area contributed by atoms with Crippen molar-refractivity contribution in [2.75, 3.05) is 26.3 Å². The third kappa shape index (κ3) is 6.18. The van der Waals surface area contributed by atoms with Gasteiger partial charge in [-0.1, -0.05) is 0 Å². The number of morpholine rings is 1. The molecular weight excluding hydrogens is 458 g/mol. The van der Waals surface area contributed by atoms with E-state index in [0.29, 0.717) is 32.0 Å². The highest BCUT2D eigenvalue weighted by atomic mass is 79.9. The van der Waals surface area contributed by atoms with Gasteiger partial charge in [0.15, 0.2) is 0 Å². The number of aromatic nitrogens is 2. The average molecular weight is 473 g/mol. The second-order valence-electron chi connectivity index (χ2n) is 4.93. The fraction of sp³-hybridized carbons (Fsp3) is 0.250. The van der Waals surface area contributed by atoms with E-state index in [2.05, 4.69) is 41.8 Å². The van der Waals surface area contributed by atoms with Gasteiger partial charge in [-0.3, -0.25) is 4.79 Å². The highest BCUT2D eigenvalue weighted by Crippen LogP contribution is 2.10. The molecule has 0 radical (unpaired) electrons. The second kappa shape index (κ2) is 9.59. The zero-order valence-corrected chi connectivity index (χ0v) is 16.2. The van der Waals surface area contributed by atoms with E-state index in [-0.39, 0.29) is 11.6 Å². The van der Waals surface area contributed by atoms with E-state index in [0.717, 1.165) is 8.95 Å². The Hall–Kier alpha value is -1.84. The number of aromatic carboxylic acids is 1. The molecule has 3 rings (SSSR count). The van der Waals surface area contributed by atoms with Crippen molar-refractivity contribution in [1.29, 1.82) is 0 Å². The smallest absolute Gasteiger partial charge is 0.354 e. The predicted octanol–water partition coefficient (Wildman–Crippen LogP) is 2.86. The zero-order valence-electron chi connectivity index (χ0n) is 13.1. The summed E-state index contributed by atoms with van der Waals surface area (Å²) in [5.41, 5.74) is 0.545. The Labute approximate surface area is 161 Å². The minimum atomic E-state index is -1.01. The van der Waals surface area contributed by atoms with Crippen molar-refractivity contribution >= 4 is 43.7 Å². The first-order chi connectivity index (χ1) is 12.0. The number of halogens is 2. The molecule has 3 heterocycles. The molecule has 0 unspecified atom stereocenters. The number of hydrogen-bond acceptors (Lipinski definition) is 5. The number of pyridine rings is 2. The van der Waals surface area contributed by atoms with Gasteiger partial charge in [-0.25, -0.2) is 14.8 Å². The Balaban J connectivity index is 0.000000196. The van der Waals surface area contributed by atoms with E-state index in [1.54, 1.807) is 23.2 Å². The summed E-state index contributed by atoms with van der Waals surface area (Å²) in [7, 11) is 0. The van der Waals surface area contributed by atoms with Crippen molar-refractivity contribution in [1.82, 2.24) is 14.9 Å². The summed E-state index contributed by atoms with van der Waals surface area (Å²) >= 11 is 6.42. The topological polar surface area (TPSA) is 92.6 Å². The number of nitrogens with zero attached hydrogens (tertiary/aromatic N) is 3. The van der Waals surface area contributed by atoms with Gasteiger partial charge in [0.1, 0.15) is 11.4 Å². The lowest BCUT2D eigenvalue weighted by Crippen LogP contribution is -2.41. The third-order valence-electron chi connectivity index (χ3n) is 3.19. The first kappa shape index (κ1) is 19.5. The lowest BCUT2D eigenvalue weighted by Gasteiger charge is -2.26. The maximum atomic E-state index is 11.9. The van der Waals surface area contributed by atoms with E-state index < -0.39 is 5.97 Å². The van der Waals surface area contributed by atoms with Gasteiger partial charge in [0, 0.05) is 34.4 Å². The summed E-state index contributed by atoms with van der Waals surface area (Å²) in [4.78, 5) is 31.6. The van der Waals surface area contributed by atoms with Gasteiger partial charge in [-0.15, -0.1) is 0 Å². The normalized spacial score (nSPS) is 13.6. The van der Waals surface area contributed by atoms with E-state index in [9.17, 15) is 9.59 Å². The minimum absolute atomic E-state index is 0.0224. The number of carboxylic acid groups (broad SMARTS) is 1. The third-order valence-corrected chi connectivity index (χ3v) is 4.13. The minimum Gasteiger partial charge on any atom is -0.477 e. The number of ether oxygens (including phenoxy) is 1. The van der Waals surface area contributed by atoms with E-state index >= 15 is 0 Å².